The molecule has 2 aromatic carbocycles. The van der Waals surface area contributed by atoms with Crippen LogP contribution < -0.4 is 14.9 Å². The lowest BCUT2D eigenvalue weighted by atomic mass is 9.96. The summed E-state index contributed by atoms with van der Waals surface area (Å²) >= 11 is 8.29. The van der Waals surface area contributed by atoms with Crippen molar-refractivity contribution in [1.29, 1.82) is 0 Å². The van der Waals surface area contributed by atoms with Gasteiger partial charge in [-0.05, 0) is 107 Å². The second-order valence-electron chi connectivity index (χ2n) is 8.14. The largest absolute Gasteiger partial charge is 0.506 e. The number of allylic oxidation sites excluding steroid dienone is 1. The number of aromatic hydroxyl groups is 1. The molecular weight excluding hydrogens is 663 g/mol. The van der Waals surface area contributed by atoms with E-state index in [1.165, 1.54) is 11.3 Å². The lowest BCUT2D eigenvalue weighted by Crippen LogP contribution is -2.40. The summed E-state index contributed by atoms with van der Waals surface area (Å²) in [6.45, 7) is 5.36. The molecular formula is C25H22BrIN2O4S2. The number of thiazole rings is 1. The van der Waals surface area contributed by atoms with Crippen LogP contribution in [-0.4, -0.2) is 28.0 Å². The Morgan fingerprint density at radius 3 is 2.60 bits per heavy atom. The van der Waals surface area contributed by atoms with Crippen LogP contribution in [0.5, 0.6) is 5.75 Å². The second-order valence-corrected chi connectivity index (χ2v) is 12.0. The molecule has 2 heterocycles. The smallest absolute Gasteiger partial charge is 0.338 e. The molecule has 1 aliphatic heterocycles. The fraction of sp³-hybridized carbons (Fsp3) is 0.240. The maximum atomic E-state index is 13.7. The zero-order valence-corrected chi connectivity index (χ0v) is 24.7. The van der Waals surface area contributed by atoms with E-state index >= 15 is 0 Å². The Morgan fingerprint density at radius 1 is 1.31 bits per heavy atom. The van der Waals surface area contributed by atoms with Crippen LogP contribution in [0.15, 0.2) is 66.8 Å². The molecule has 0 spiro atoms. The third-order valence-corrected chi connectivity index (χ3v) is 8.51. The zero-order chi connectivity index (χ0) is 25.4. The number of benzene rings is 2. The van der Waals surface area contributed by atoms with Crippen LogP contribution in [0.1, 0.15) is 37.9 Å². The van der Waals surface area contributed by atoms with E-state index in [0.717, 1.165) is 16.0 Å². The summed E-state index contributed by atoms with van der Waals surface area (Å²) in [5, 5.41) is 10.1. The van der Waals surface area contributed by atoms with E-state index in [1.54, 1.807) is 55.3 Å². The van der Waals surface area contributed by atoms with Crippen molar-refractivity contribution in [2.45, 2.75) is 37.8 Å². The first kappa shape index (κ1) is 26.2. The lowest BCUT2D eigenvalue weighted by molar-refractivity contribution is -0.143. The number of hydrogen-bond donors (Lipinski definition) is 1. The van der Waals surface area contributed by atoms with Crippen LogP contribution in [0.4, 0.5) is 0 Å². The summed E-state index contributed by atoms with van der Waals surface area (Å²) in [6, 6.07) is 10.7. The van der Waals surface area contributed by atoms with Crippen molar-refractivity contribution in [3.8, 4) is 5.75 Å². The van der Waals surface area contributed by atoms with E-state index in [4.69, 9.17) is 4.74 Å². The first-order chi connectivity index (χ1) is 16.6. The standard InChI is InChI=1S/C25H22BrIN2O4S2/c1-12(2)33-24(32)20-13(3)28-25-29(21(20)15-5-7-16(34-4)8-6-15)23(31)19(35-25)11-14-9-17(26)22(30)18(27)10-14/h5-12,21,30H,1-4H3/b19-11-/t21-/m1/s1. The number of aromatic nitrogens is 1. The Kier molecular flexibility index (Phi) is 7.94. The van der Waals surface area contributed by atoms with E-state index in [9.17, 15) is 14.7 Å². The Balaban J connectivity index is 1.94. The molecule has 35 heavy (non-hydrogen) atoms. The van der Waals surface area contributed by atoms with Crippen molar-refractivity contribution < 1.29 is 14.6 Å². The topological polar surface area (TPSA) is 80.9 Å². The second kappa shape index (κ2) is 10.6. The lowest BCUT2D eigenvalue weighted by Gasteiger charge is -2.25. The molecule has 182 valence electrons. The van der Waals surface area contributed by atoms with Crippen LogP contribution in [0, 0.1) is 3.57 Å². The molecule has 0 fully saturated rings. The van der Waals surface area contributed by atoms with E-state index in [-0.39, 0.29) is 17.4 Å². The van der Waals surface area contributed by atoms with Gasteiger partial charge in [0.05, 0.1) is 36.0 Å². The number of hydrogen-bond acceptors (Lipinski definition) is 7. The van der Waals surface area contributed by atoms with E-state index in [0.29, 0.717) is 28.6 Å². The van der Waals surface area contributed by atoms with Gasteiger partial charge in [-0.1, -0.05) is 23.5 Å². The number of esters is 1. The minimum absolute atomic E-state index is 0.154. The highest BCUT2D eigenvalue weighted by Gasteiger charge is 2.33. The molecule has 0 aliphatic carbocycles. The van der Waals surface area contributed by atoms with Crippen molar-refractivity contribution in [3.05, 3.63) is 86.5 Å². The Labute approximate surface area is 232 Å². The molecule has 6 nitrogen and oxygen atoms in total. The molecule has 0 saturated carbocycles. The Bertz CT molecular complexity index is 1500. The fourth-order valence-corrected chi connectivity index (χ4v) is 6.74. The number of phenolic OH excluding ortho intramolecular Hbond substituents is 1. The normalized spacial score (nSPS) is 15.9. The Hall–Kier alpha value is -1.89. The molecule has 1 atom stereocenters. The first-order valence-electron chi connectivity index (χ1n) is 10.7. The maximum Gasteiger partial charge on any atom is 0.338 e. The van der Waals surface area contributed by atoms with Crippen molar-refractivity contribution in [2.75, 3.05) is 6.26 Å². The van der Waals surface area contributed by atoms with Gasteiger partial charge < -0.3 is 9.84 Å². The average Bonchev–Trinajstić information content (AvgIpc) is 3.10. The number of nitrogens with zero attached hydrogens (tertiary/aromatic N) is 2. The average molecular weight is 685 g/mol. The highest BCUT2D eigenvalue weighted by Crippen LogP contribution is 2.33. The first-order valence-corrected chi connectivity index (χ1v) is 14.6. The zero-order valence-electron chi connectivity index (χ0n) is 19.3. The van der Waals surface area contributed by atoms with E-state index in [2.05, 4.69) is 20.9 Å². The van der Waals surface area contributed by atoms with Crippen LogP contribution in [0.25, 0.3) is 6.08 Å². The van der Waals surface area contributed by atoms with Gasteiger partial charge in [-0.15, -0.1) is 11.8 Å². The SMILES string of the molecule is CSc1ccc([C@@H]2C(C(=O)OC(C)C)=C(C)N=c3s/c(=C\c4cc(Br)c(O)c(I)c4)c(=O)n32)cc1. The van der Waals surface area contributed by atoms with Crippen molar-refractivity contribution in [2.24, 2.45) is 4.99 Å². The van der Waals surface area contributed by atoms with Crippen molar-refractivity contribution >= 4 is 73.7 Å². The molecule has 0 amide bonds. The van der Waals surface area contributed by atoms with Crippen molar-refractivity contribution in [1.82, 2.24) is 4.57 Å². The number of carbonyl (C=O) groups is 1. The van der Waals surface area contributed by atoms with Crippen LogP contribution in [0.2, 0.25) is 0 Å². The number of phenols is 1. The molecule has 4 rings (SSSR count). The molecule has 1 aliphatic rings. The molecule has 0 saturated heterocycles. The van der Waals surface area contributed by atoms with Gasteiger partial charge in [0, 0.05) is 4.90 Å². The van der Waals surface area contributed by atoms with Gasteiger partial charge in [0.1, 0.15) is 5.75 Å². The third kappa shape index (κ3) is 5.30. The molecule has 1 N–H and O–H groups in total. The van der Waals surface area contributed by atoms with Gasteiger partial charge in [0.2, 0.25) is 0 Å². The van der Waals surface area contributed by atoms with Crippen LogP contribution in [0.3, 0.4) is 0 Å². The van der Waals surface area contributed by atoms with Gasteiger partial charge in [0.15, 0.2) is 4.80 Å². The molecule has 3 aromatic rings. The summed E-state index contributed by atoms with van der Waals surface area (Å²) in [5.41, 5.74) is 2.22. The van der Waals surface area contributed by atoms with Gasteiger partial charge in [-0.2, -0.15) is 0 Å². The predicted octanol–water partition coefficient (Wildman–Crippen LogP) is 4.98. The van der Waals surface area contributed by atoms with Crippen molar-refractivity contribution in [3.63, 3.8) is 0 Å². The monoisotopic (exact) mass is 684 g/mol. The highest BCUT2D eigenvalue weighted by atomic mass is 127. The predicted molar refractivity (Wildman–Crippen MR) is 152 cm³/mol. The molecule has 1 aromatic heterocycles. The minimum atomic E-state index is -0.651. The molecule has 0 bridgehead atoms. The van der Waals surface area contributed by atoms with Crippen LogP contribution in [-0.2, 0) is 9.53 Å². The third-order valence-electron chi connectivity index (χ3n) is 5.35. The summed E-state index contributed by atoms with van der Waals surface area (Å²) < 4.78 is 8.81. The van der Waals surface area contributed by atoms with E-state index in [1.807, 2.05) is 53.1 Å². The van der Waals surface area contributed by atoms with Gasteiger partial charge in [0.25, 0.3) is 5.56 Å². The number of carbonyl (C=O) groups excluding carboxylic acids is 1. The Morgan fingerprint density at radius 2 is 2.00 bits per heavy atom. The summed E-state index contributed by atoms with van der Waals surface area (Å²) in [5.74, 6) is -0.326. The van der Waals surface area contributed by atoms with Gasteiger partial charge in [-0.3, -0.25) is 9.36 Å². The highest BCUT2D eigenvalue weighted by molar-refractivity contribution is 14.1. The van der Waals surface area contributed by atoms with Crippen LogP contribution >= 0.6 is 61.6 Å². The minimum Gasteiger partial charge on any atom is -0.506 e. The number of thioether (sulfide) groups is 1. The molecule has 0 radical (unpaired) electrons. The van der Waals surface area contributed by atoms with Gasteiger partial charge in [-0.25, -0.2) is 9.79 Å². The number of fused-ring (bicyclic) bond motifs is 1. The molecule has 10 heteroatoms. The summed E-state index contributed by atoms with van der Waals surface area (Å²) in [4.78, 5) is 33.1. The maximum absolute atomic E-state index is 13.7. The van der Waals surface area contributed by atoms with Gasteiger partial charge >= 0.3 is 5.97 Å². The quantitative estimate of drug-likeness (QED) is 0.233. The summed E-state index contributed by atoms with van der Waals surface area (Å²) in [6.07, 6.45) is 3.47. The molecule has 0 unspecified atom stereocenters. The van der Waals surface area contributed by atoms with E-state index < -0.39 is 12.0 Å². The summed E-state index contributed by atoms with van der Waals surface area (Å²) in [7, 11) is 0. The number of halogens is 2. The fourth-order valence-electron chi connectivity index (χ4n) is 3.78. The number of ether oxygens (including phenoxy) is 1. The number of rotatable bonds is 5.